The van der Waals surface area contributed by atoms with Gasteiger partial charge in [-0.15, -0.1) is 0 Å². The first kappa shape index (κ1) is 16.7. The minimum atomic E-state index is -0.252. The Morgan fingerprint density at radius 2 is 1.77 bits per heavy atom. The summed E-state index contributed by atoms with van der Waals surface area (Å²) in [7, 11) is 0. The molecule has 26 heavy (non-hydrogen) atoms. The van der Waals surface area contributed by atoms with Gasteiger partial charge < -0.3 is 4.90 Å². The molecule has 1 aliphatic rings. The second-order valence-electron chi connectivity index (χ2n) is 6.46. The smallest absolute Gasteiger partial charge is 0.140 e. The highest BCUT2D eigenvalue weighted by Crippen LogP contribution is 2.24. The van der Waals surface area contributed by atoms with Crippen LogP contribution in [0.3, 0.4) is 0 Å². The average Bonchev–Trinajstić information content (AvgIpc) is 2.69. The predicted octanol–water partition coefficient (Wildman–Crippen LogP) is 3.60. The van der Waals surface area contributed by atoms with Gasteiger partial charge in [-0.05, 0) is 23.8 Å². The summed E-state index contributed by atoms with van der Waals surface area (Å²) in [6.07, 6.45) is 5.93. The van der Waals surface area contributed by atoms with E-state index in [9.17, 15) is 4.39 Å². The largest absolute Gasteiger partial charge is 0.353 e. The van der Waals surface area contributed by atoms with Crippen molar-refractivity contribution in [2.45, 2.75) is 0 Å². The van der Waals surface area contributed by atoms with Crippen LogP contribution >= 0.6 is 0 Å². The van der Waals surface area contributed by atoms with Gasteiger partial charge in [-0.2, -0.15) is 0 Å². The molecule has 0 bridgehead atoms. The van der Waals surface area contributed by atoms with Crippen molar-refractivity contribution in [2.24, 2.45) is 0 Å². The number of hydrogen-bond acceptors (Lipinski definition) is 4. The van der Waals surface area contributed by atoms with E-state index in [0.717, 1.165) is 49.4 Å². The minimum absolute atomic E-state index is 0.252. The van der Waals surface area contributed by atoms with Gasteiger partial charge in [0.25, 0.3) is 0 Å². The molecule has 0 spiro atoms. The van der Waals surface area contributed by atoms with Crippen LogP contribution in [-0.4, -0.2) is 47.6 Å². The standard InChI is InChI=1S/C21H21FN4/c22-18-8-9-20-19(15-18)21(24-16-23-20)26-13-11-25(12-14-26)10-4-7-17-5-2-1-3-6-17/h1-9,15-16H,10-14H2/b7-4+. The van der Waals surface area contributed by atoms with Crippen molar-refractivity contribution in [3.8, 4) is 0 Å². The predicted molar refractivity (Wildman–Crippen MR) is 104 cm³/mol. The van der Waals surface area contributed by atoms with Gasteiger partial charge in [-0.3, -0.25) is 4.90 Å². The fourth-order valence-corrected chi connectivity index (χ4v) is 3.31. The Balaban J connectivity index is 1.40. The SMILES string of the molecule is Fc1ccc2ncnc(N3CCN(C/C=C/c4ccccc4)CC3)c2c1. The molecule has 2 aromatic carbocycles. The van der Waals surface area contributed by atoms with Gasteiger partial charge in [0.15, 0.2) is 0 Å². The molecule has 0 amide bonds. The van der Waals surface area contributed by atoms with E-state index in [-0.39, 0.29) is 5.82 Å². The Bertz CT molecular complexity index is 902. The summed E-state index contributed by atoms with van der Waals surface area (Å²) in [5, 5.41) is 0.782. The van der Waals surface area contributed by atoms with E-state index in [0.29, 0.717) is 0 Å². The van der Waals surface area contributed by atoms with Gasteiger partial charge in [0.05, 0.1) is 5.52 Å². The zero-order chi connectivity index (χ0) is 17.8. The highest BCUT2D eigenvalue weighted by Gasteiger charge is 2.19. The molecule has 2 heterocycles. The molecule has 0 atom stereocenters. The molecule has 0 saturated carbocycles. The van der Waals surface area contributed by atoms with Crippen LogP contribution in [0.5, 0.6) is 0 Å². The molecule has 1 aromatic heterocycles. The van der Waals surface area contributed by atoms with Crippen molar-refractivity contribution in [1.82, 2.24) is 14.9 Å². The molecular formula is C21H21FN4. The Morgan fingerprint density at radius 3 is 2.58 bits per heavy atom. The van der Waals surface area contributed by atoms with Gasteiger partial charge in [-0.25, -0.2) is 14.4 Å². The van der Waals surface area contributed by atoms with E-state index < -0.39 is 0 Å². The van der Waals surface area contributed by atoms with Crippen LogP contribution in [0.2, 0.25) is 0 Å². The Kier molecular flexibility index (Phi) is 4.88. The van der Waals surface area contributed by atoms with E-state index in [2.05, 4.69) is 44.1 Å². The number of anilines is 1. The Morgan fingerprint density at radius 1 is 0.962 bits per heavy atom. The zero-order valence-electron chi connectivity index (χ0n) is 14.6. The van der Waals surface area contributed by atoms with Gasteiger partial charge in [0.2, 0.25) is 0 Å². The van der Waals surface area contributed by atoms with E-state index in [4.69, 9.17) is 0 Å². The van der Waals surface area contributed by atoms with Crippen molar-refractivity contribution in [2.75, 3.05) is 37.6 Å². The average molecular weight is 348 g/mol. The second kappa shape index (κ2) is 7.62. The molecule has 1 aliphatic heterocycles. The molecule has 5 heteroatoms. The van der Waals surface area contributed by atoms with Crippen LogP contribution in [0.15, 0.2) is 60.9 Å². The maximum atomic E-state index is 13.6. The van der Waals surface area contributed by atoms with Crippen LogP contribution in [-0.2, 0) is 0 Å². The van der Waals surface area contributed by atoms with Gasteiger partial charge in [0.1, 0.15) is 18.0 Å². The van der Waals surface area contributed by atoms with Gasteiger partial charge in [0, 0.05) is 38.1 Å². The summed E-state index contributed by atoms with van der Waals surface area (Å²) in [4.78, 5) is 13.3. The number of nitrogens with zero attached hydrogens (tertiary/aromatic N) is 4. The maximum Gasteiger partial charge on any atom is 0.140 e. The summed E-state index contributed by atoms with van der Waals surface area (Å²) in [6.45, 7) is 4.60. The van der Waals surface area contributed by atoms with E-state index in [1.165, 1.54) is 17.7 Å². The molecule has 0 aliphatic carbocycles. The third kappa shape index (κ3) is 3.73. The number of rotatable bonds is 4. The van der Waals surface area contributed by atoms with Crippen LogP contribution in [0, 0.1) is 5.82 Å². The lowest BCUT2D eigenvalue weighted by Gasteiger charge is -2.35. The highest BCUT2D eigenvalue weighted by molar-refractivity contribution is 5.89. The number of hydrogen-bond donors (Lipinski definition) is 0. The lowest BCUT2D eigenvalue weighted by atomic mass is 10.2. The molecule has 1 saturated heterocycles. The first-order valence-corrected chi connectivity index (χ1v) is 8.89. The molecular weight excluding hydrogens is 327 g/mol. The van der Waals surface area contributed by atoms with Crippen LogP contribution < -0.4 is 4.90 Å². The third-order valence-electron chi connectivity index (χ3n) is 4.72. The molecule has 0 unspecified atom stereocenters. The maximum absolute atomic E-state index is 13.6. The molecule has 3 aromatic rings. The molecule has 4 rings (SSSR count). The number of fused-ring (bicyclic) bond motifs is 1. The topological polar surface area (TPSA) is 32.3 Å². The minimum Gasteiger partial charge on any atom is -0.353 e. The fraction of sp³-hybridized carbons (Fsp3) is 0.238. The van der Waals surface area contributed by atoms with E-state index in [1.54, 1.807) is 12.4 Å². The van der Waals surface area contributed by atoms with E-state index in [1.807, 2.05) is 18.2 Å². The molecule has 4 nitrogen and oxygen atoms in total. The Labute approximate surface area is 152 Å². The van der Waals surface area contributed by atoms with Crippen molar-refractivity contribution >= 4 is 22.8 Å². The lowest BCUT2D eigenvalue weighted by molar-refractivity contribution is 0.284. The molecule has 0 radical (unpaired) electrons. The van der Waals surface area contributed by atoms with Crippen molar-refractivity contribution in [1.29, 1.82) is 0 Å². The fourth-order valence-electron chi connectivity index (χ4n) is 3.31. The first-order valence-electron chi connectivity index (χ1n) is 8.89. The van der Waals surface area contributed by atoms with Crippen LogP contribution in [0.25, 0.3) is 17.0 Å². The number of piperazine rings is 1. The van der Waals surface area contributed by atoms with E-state index >= 15 is 0 Å². The van der Waals surface area contributed by atoms with Crippen LogP contribution in [0.1, 0.15) is 5.56 Å². The first-order chi connectivity index (χ1) is 12.8. The number of aromatic nitrogens is 2. The normalized spacial score (nSPS) is 15.8. The molecule has 132 valence electrons. The molecule has 0 N–H and O–H groups in total. The number of halogens is 1. The van der Waals surface area contributed by atoms with Crippen molar-refractivity contribution < 1.29 is 4.39 Å². The number of benzene rings is 2. The summed E-state index contributed by atoms with van der Waals surface area (Å²) >= 11 is 0. The monoisotopic (exact) mass is 348 g/mol. The van der Waals surface area contributed by atoms with Crippen molar-refractivity contribution in [3.05, 3.63) is 72.3 Å². The summed E-state index contributed by atoms with van der Waals surface area (Å²) in [6, 6.07) is 15.0. The lowest BCUT2D eigenvalue weighted by Crippen LogP contribution is -2.46. The highest BCUT2D eigenvalue weighted by atomic mass is 19.1. The third-order valence-corrected chi connectivity index (χ3v) is 4.72. The zero-order valence-corrected chi connectivity index (χ0v) is 14.6. The summed E-state index contributed by atoms with van der Waals surface area (Å²) < 4.78 is 13.6. The summed E-state index contributed by atoms with van der Waals surface area (Å²) in [5.74, 6) is 0.576. The van der Waals surface area contributed by atoms with Crippen molar-refractivity contribution in [3.63, 3.8) is 0 Å². The quantitative estimate of drug-likeness (QED) is 0.721. The van der Waals surface area contributed by atoms with Gasteiger partial charge in [-0.1, -0.05) is 42.5 Å². The molecule has 1 fully saturated rings. The second-order valence-corrected chi connectivity index (χ2v) is 6.46. The van der Waals surface area contributed by atoms with Crippen LogP contribution in [0.4, 0.5) is 10.2 Å². The Hall–Kier alpha value is -2.79. The summed E-state index contributed by atoms with van der Waals surface area (Å²) in [5.41, 5.74) is 2.00. The van der Waals surface area contributed by atoms with Gasteiger partial charge >= 0.3 is 0 Å².